The second kappa shape index (κ2) is 9.55. The van der Waals surface area contributed by atoms with Crippen LogP contribution in [0.2, 0.25) is 0 Å². The Morgan fingerprint density at radius 3 is 1.08 bits per heavy atom. The van der Waals surface area contributed by atoms with Crippen molar-refractivity contribution in [2.75, 3.05) is 0 Å². The van der Waals surface area contributed by atoms with Gasteiger partial charge in [0, 0.05) is 0 Å². The van der Waals surface area contributed by atoms with Crippen LogP contribution in [0.3, 0.4) is 0 Å². The van der Waals surface area contributed by atoms with Crippen LogP contribution in [0.15, 0.2) is 0 Å². The maximum Gasteiger partial charge on any atom is 1.00 e. The Hall–Kier alpha value is 2.34. The molecule has 0 atom stereocenters. The molecule has 0 aromatic rings. The Morgan fingerprint density at radius 2 is 1.00 bits per heavy atom. The van der Waals surface area contributed by atoms with Crippen molar-refractivity contribution in [2.24, 2.45) is 0 Å². The smallest absolute Gasteiger partial charge is 0.724 e. The molecule has 0 radical (unpaired) electrons. The van der Waals surface area contributed by atoms with Gasteiger partial charge in [0.25, 0.3) is 0 Å². The molecule has 0 unspecified atom stereocenters. The van der Waals surface area contributed by atoms with E-state index in [0.29, 0.717) is 0 Å². The molecule has 13 heavy (non-hydrogen) atoms. The first-order valence-corrected chi connectivity index (χ1v) is 4.17. The van der Waals surface area contributed by atoms with Crippen molar-refractivity contribution in [2.45, 2.75) is 0 Å². The monoisotopic (exact) mass is 271 g/mol. The molecule has 0 aliphatic heterocycles. The molecule has 0 amide bonds. The van der Waals surface area contributed by atoms with E-state index in [1.165, 1.54) is 0 Å². The summed E-state index contributed by atoms with van der Waals surface area (Å²) in [6, 6.07) is 0. The second-order valence-electron chi connectivity index (χ2n) is 0.953. The molecular formula is H3KNNaO8S2. The number of hydrogen-bond acceptors (Lipinski definition) is 9. The maximum absolute atomic E-state index is 9.37. The summed E-state index contributed by atoms with van der Waals surface area (Å²) in [7, 11) is -10.6. The summed E-state index contributed by atoms with van der Waals surface area (Å²) in [5, 5.41) is 0. The summed E-state index contributed by atoms with van der Waals surface area (Å²) in [6.07, 6.45) is 0. The predicted octanol–water partition coefficient (Wildman–Crippen LogP) is -7.97. The molecule has 0 saturated carbocycles. The first-order chi connectivity index (χ1) is 4.21. The van der Waals surface area contributed by atoms with Gasteiger partial charge in [0.2, 0.25) is 20.8 Å². The molecule has 0 spiro atoms. The Balaban J connectivity index is -0.000000135. The van der Waals surface area contributed by atoms with E-state index in [2.05, 4.69) is 8.67 Å². The average Bonchev–Trinajstić information content (AvgIpc) is 1.57. The molecule has 0 aliphatic rings. The van der Waals surface area contributed by atoms with Crippen molar-refractivity contribution in [3.63, 3.8) is 0 Å². The largest absolute Gasteiger partial charge is 1.00 e. The fourth-order valence-electron chi connectivity index (χ4n) is 0.0680. The summed E-state index contributed by atoms with van der Waals surface area (Å²) >= 11 is 0. The molecular weight excluding hydrogens is 268 g/mol. The quantitative estimate of drug-likeness (QED) is 0.172. The Morgan fingerprint density at radius 1 is 0.846 bits per heavy atom. The molecule has 0 bridgehead atoms. The van der Waals surface area contributed by atoms with Gasteiger partial charge in [0.1, 0.15) is 0 Å². The van der Waals surface area contributed by atoms with E-state index in [-0.39, 0.29) is 87.1 Å². The van der Waals surface area contributed by atoms with Gasteiger partial charge in [-0.2, -0.15) is 0 Å². The van der Waals surface area contributed by atoms with Crippen molar-refractivity contribution in [1.29, 1.82) is 0 Å². The zero-order chi connectivity index (χ0) is 8.41. The Labute approximate surface area is 140 Å². The standard InChI is InChI=1S/K.H3N.Na.H2O8S2/c;;;1-9(2,3)7-8-10(4,5)6/h;1H3;;(H,1,2,3)(H,4,5,6)/q+1;;+1;/p-2. The first-order valence-electron chi connectivity index (χ1n) is 1.50. The van der Waals surface area contributed by atoms with Gasteiger partial charge in [0.15, 0.2) is 0 Å². The third-order valence-electron chi connectivity index (χ3n) is 0.194. The third kappa shape index (κ3) is 25.0. The summed E-state index contributed by atoms with van der Waals surface area (Å²) in [5.41, 5.74) is 0. The van der Waals surface area contributed by atoms with Crippen LogP contribution in [0, 0.1) is 0 Å². The van der Waals surface area contributed by atoms with E-state index in [1.807, 2.05) is 0 Å². The van der Waals surface area contributed by atoms with Crippen molar-refractivity contribution < 1.29 is 116 Å². The molecule has 3 N–H and O–H groups in total. The summed E-state index contributed by atoms with van der Waals surface area (Å²) in [5.74, 6) is 0. The zero-order valence-electron chi connectivity index (χ0n) is 6.79. The summed E-state index contributed by atoms with van der Waals surface area (Å²) in [6.45, 7) is 0. The van der Waals surface area contributed by atoms with Crippen LogP contribution < -0.4 is 87.1 Å². The van der Waals surface area contributed by atoms with Crippen LogP contribution in [0.1, 0.15) is 0 Å². The van der Waals surface area contributed by atoms with Gasteiger partial charge in [-0.1, -0.05) is 0 Å². The minimum absolute atomic E-state index is 0. The fraction of sp³-hybridized carbons (Fsp3) is 0. The van der Waals surface area contributed by atoms with Gasteiger partial charge in [-0.25, -0.2) is 16.8 Å². The zero-order valence-corrected chi connectivity index (χ0v) is 13.5. The van der Waals surface area contributed by atoms with Gasteiger partial charge in [-0.15, -0.1) is 8.67 Å². The van der Waals surface area contributed by atoms with Crippen LogP contribution in [-0.2, 0) is 29.5 Å². The van der Waals surface area contributed by atoms with Crippen molar-refractivity contribution in [3.8, 4) is 0 Å². The van der Waals surface area contributed by atoms with E-state index in [9.17, 15) is 25.9 Å². The molecule has 0 fully saturated rings. The average molecular weight is 271 g/mol. The molecule has 70 valence electrons. The van der Waals surface area contributed by atoms with Gasteiger partial charge in [-0.3, -0.25) is 0 Å². The van der Waals surface area contributed by atoms with E-state index in [1.54, 1.807) is 0 Å². The van der Waals surface area contributed by atoms with Gasteiger partial charge in [-0.05, 0) is 0 Å². The van der Waals surface area contributed by atoms with E-state index in [4.69, 9.17) is 0 Å². The van der Waals surface area contributed by atoms with E-state index < -0.39 is 20.8 Å². The summed E-state index contributed by atoms with van der Waals surface area (Å²) in [4.78, 5) is 0. The van der Waals surface area contributed by atoms with Crippen molar-refractivity contribution in [1.82, 2.24) is 6.15 Å². The fourth-order valence-corrected chi connectivity index (χ4v) is 0.612. The first kappa shape index (κ1) is 24.5. The Kier molecular flexibility index (Phi) is 18.0. The number of rotatable bonds is 3. The summed E-state index contributed by atoms with van der Waals surface area (Å²) < 4.78 is 61.5. The van der Waals surface area contributed by atoms with Crippen LogP contribution >= 0.6 is 0 Å². The van der Waals surface area contributed by atoms with E-state index >= 15 is 0 Å². The molecule has 0 rings (SSSR count). The topological polar surface area (TPSA) is 168 Å². The normalized spacial score (nSPS) is 10.3. The van der Waals surface area contributed by atoms with Crippen LogP contribution in [0.25, 0.3) is 0 Å². The van der Waals surface area contributed by atoms with Gasteiger partial charge >= 0.3 is 80.9 Å². The number of hydrogen-bond donors (Lipinski definition) is 1. The van der Waals surface area contributed by atoms with Gasteiger partial charge in [0.05, 0.1) is 0 Å². The molecule has 0 aromatic carbocycles. The van der Waals surface area contributed by atoms with Crippen LogP contribution in [-0.4, -0.2) is 25.9 Å². The second-order valence-corrected chi connectivity index (χ2v) is 2.86. The molecule has 0 heterocycles. The van der Waals surface area contributed by atoms with Crippen molar-refractivity contribution in [3.05, 3.63) is 0 Å². The van der Waals surface area contributed by atoms with Crippen molar-refractivity contribution >= 4 is 20.8 Å². The predicted molar refractivity (Wildman–Crippen MR) is 26.6 cm³/mol. The van der Waals surface area contributed by atoms with E-state index in [0.717, 1.165) is 0 Å². The molecule has 0 aliphatic carbocycles. The SMILES string of the molecule is N.O=S(=O)([O-])OOS(=O)(=O)[O-].[K+].[Na+]. The minimum atomic E-state index is -5.31. The molecule has 0 saturated heterocycles. The maximum atomic E-state index is 9.37. The molecule has 13 heteroatoms. The van der Waals surface area contributed by atoms with Crippen LogP contribution in [0.5, 0.6) is 0 Å². The minimum Gasteiger partial charge on any atom is -0.724 e. The van der Waals surface area contributed by atoms with Gasteiger partial charge < -0.3 is 15.3 Å². The Bertz CT molecular complexity index is 258. The third-order valence-corrected chi connectivity index (χ3v) is 0.750. The molecule has 9 nitrogen and oxygen atoms in total. The molecule has 0 aromatic heterocycles. The van der Waals surface area contributed by atoms with Crippen LogP contribution in [0.4, 0.5) is 0 Å².